The fraction of sp³-hybridized carbons (Fsp3) is 1.00. The average molecular weight is 284 g/mol. The van der Waals surface area contributed by atoms with Crippen LogP contribution in [0.3, 0.4) is 0 Å². The Balaban J connectivity index is 1.72. The fourth-order valence-electron chi connectivity index (χ4n) is 4.61. The van der Waals surface area contributed by atoms with Crippen LogP contribution in [0.25, 0.3) is 0 Å². The molecule has 3 nitrogen and oxygen atoms in total. The van der Waals surface area contributed by atoms with E-state index in [-0.39, 0.29) is 5.60 Å². The maximum absolute atomic E-state index is 6.16. The zero-order valence-corrected chi connectivity index (χ0v) is 12.9. The summed E-state index contributed by atoms with van der Waals surface area (Å²) in [6.45, 7) is 3.37. The second kappa shape index (κ2) is 5.55. The van der Waals surface area contributed by atoms with Crippen molar-refractivity contribution in [2.75, 3.05) is 18.1 Å². The first-order valence-corrected chi connectivity index (χ1v) is 9.01. The summed E-state index contributed by atoms with van der Waals surface area (Å²) in [6.07, 6.45) is 9.04. The van der Waals surface area contributed by atoms with Gasteiger partial charge in [-0.15, -0.1) is 0 Å². The van der Waals surface area contributed by atoms with Crippen molar-refractivity contribution in [2.45, 2.75) is 63.5 Å². The van der Waals surface area contributed by atoms with Gasteiger partial charge >= 0.3 is 0 Å². The molecule has 19 heavy (non-hydrogen) atoms. The SMILES string of the molecule is CC1(C(NN)C2CCOC3(CCSC3)C2)CCCC1. The Hall–Kier alpha value is 0.230. The molecule has 0 aromatic rings. The number of nitrogens with one attached hydrogen (secondary N) is 1. The van der Waals surface area contributed by atoms with Crippen LogP contribution in [0.4, 0.5) is 0 Å². The quantitative estimate of drug-likeness (QED) is 0.618. The first kappa shape index (κ1) is 14.2. The van der Waals surface area contributed by atoms with Gasteiger partial charge in [0.15, 0.2) is 0 Å². The third kappa shape index (κ3) is 2.69. The maximum Gasteiger partial charge on any atom is 0.0783 e. The Labute approximate surface area is 121 Å². The highest BCUT2D eigenvalue weighted by molar-refractivity contribution is 7.99. The van der Waals surface area contributed by atoms with E-state index < -0.39 is 0 Å². The summed E-state index contributed by atoms with van der Waals surface area (Å²) in [7, 11) is 0. The Morgan fingerprint density at radius 2 is 2.11 bits per heavy atom. The molecule has 0 aromatic carbocycles. The summed E-state index contributed by atoms with van der Waals surface area (Å²) < 4.78 is 6.16. The standard InChI is InChI=1S/C15H28N2OS/c1-14(5-2-3-6-14)13(17-16)12-4-8-18-15(10-12)7-9-19-11-15/h12-13,17H,2-11,16H2,1H3. The summed E-state index contributed by atoms with van der Waals surface area (Å²) in [5.74, 6) is 9.12. The number of thioether (sulfide) groups is 1. The summed E-state index contributed by atoms with van der Waals surface area (Å²) >= 11 is 2.06. The number of rotatable bonds is 3. The van der Waals surface area contributed by atoms with Crippen molar-refractivity contribution in [3.8, 4) is 0 Å². The number of hydrogen-bond acceptors (Lipinski definition) is 4. The molecule has 3 atom stereocenters. The normalized spacial score (nSPS) is 39.8. The highest BCUT2D eigenvalue weighted by Gasteiger charge is 2.47. The molecule has 2 heterocycles. The summed E-state index contributed by atoms with van der Waals surface area (Å²) in [6, 6.07) is 0.473. The number of ether oxygens (including phenoxy) is 1. The lowest BCUT2D eigenvalue weighted by Crippen LogP contribution is -2.54. The van der Waals surface area contributed by atoms with E-state index in [0.717, 1.165) is 6.61 Å². The smallest absolute Gasteiger partial charge is 0.0783 e. The number of hydrazine groups is 1. The predicted molar refractivity (Wildman–Crippen MR) is 81.0 cm³/mol. The minimum absolute atomic E-state index is 0.178. The summed E-state index contributed by atoms with van der Waals surface area (Å²) in [5.41, 5.74) is 3.78. The molecular weight excluding hydrogens is 256 g/mol. The number of nitrogens with two attached hydrogens (primary N) is 1. The van der Waals surface area contributed by atoms with E-state index in [9.17, 15) is 0 Å². The Morgan fingerprint density at radius 3 is 2.74 bits per heavy atom. The van der Waals surface area contributed by atoms with Crippen molar-refractivity contribution in [1.29, 1.82) is 0 Å². The zero-order chi connectivity index (χ0) is 13.3. The van der Waals surface area contributed by atoms with Crippen LogP contribution >= 0.6 is 11.8 Å². The van der Waals surface area contributed by atoms with Crippen LogP contribution in [0.5, 0.6) is 0 Å². The number of hydrogen-bond donors (Lipinski definition) is 2. The van der Waals surface area contributed by atoms with Gasteiger partial charge in [-0.05, 0) is 49.2 Å². The first-order chi connectivity index (χ1) is 9.18. The Bertz CT molecular complexity index is 311. The van der Waals surface area contributed by atoms with Crippen molar-refractivity contribution in [2.24, 2.45) is 17.2 Å². The van der Waals surface area contributed by atoms with Gasteiger partial charge in [-0.3, -0.25) is 11.3 Å². The Morgan fingerprint density at radius 1 is 1.32 bits per heavy atom. The van der Waals surface area contributed by atoms with Gasteiger partial charge < -0.3 is 4.74 Å². The molecule has 110 valence electrons. The average Bonchev–Trinajstić information content (AvgIpc) is 3.01. The Kier molecular flexibility index (Phi) is 4.14. The minimum Gasteiger partial charge on any atom is -0.374 e. The fourth-order valence-corrected chi connectivity index (χ4v) is 5.99. The largest absolute Gasteiger partial charge is 0.374 e. The van der Waals surface area contributed by atoms with Gasteiger partial charge in [-0.25, -0.2) is 0 Å². The molecule has 1 aliphatic carbocycles. The van der Waals surface area contributed by atoms with Crippen molar-refractivity contribution >= 4 is 11.8 Å². The van der Waals surface area contributed by atoms with Crippen LogP contribution in [0.1, 0.15) is 51.9 Å². The van der Waals surface area contributed by atoms with Crippen LogP contribution in [0.15, 0.2) is 0 Å². The van der Waals surface area contributed by atoms with Gasteiger partial charge in [-0.2, -0.15) is 11.8 Å². The van der Waals surface area contributed by atoms with Crippen molar-refractivity contribution in [1.82, 2.24) is 5.43 Å². The molecule has 3 N–H and O–H groups in total. The van der Waals surface area contributed by atoms with E-state index in [1.807, 2.05) is 0 Å². The minimum atomic E-state index is 0.178. The molecule has 0 aromatic heterocycles. The second-order valence-corrected chi connectivity index (χ2v) is 8.20. The molecule has 0 bridgehead atoms. The van der Waals surface area contributed by atoms with E-state index in [1.54, 1.807) is 0 Å². The molecule has 3 aliphatic rings. The van der Waals surface area contributed by atoms with E-state index >= 15 is 0 Å². The van der Waals surface area contributed by atoms with Gasteiger partial charge in [0.2, 0.25) is 0 Å². The van der Waals surface area contributed by atoms with E-state index in [1.165, 1.54) is 56.5 Å². The molecule has 1 spiro atoms. The highest BCUT2D eigenvalue weighted by Crippen LogP contribution is 2.48. The molecule has 1 saturated carbocycles. The third-order valence-electron chi connectivity index (χ3n) is 5.75. The first-order valence-electron chi connectivity index (χ1n) is 7.85. The van der Waals surface area contributed by atoms with E-state index in [2.05, 4.69) is 24.1 Å². The third-order valence-corrected chi connectivity index (χ3v) is 6.97. The molecule has 2 aliphatic heterocycles. The van der Waals surface area contributed by atoms with Crippen LogP contribution < -0.4 is 11.3 Å². The van der Waals surface area contributed by atoms with E-state index in [0.29, 0.717) is 17.4 Å². The second-order valence-electron chi connectivity index (χ2n) is 7.09. The molecule has 3 rings (SSSR count). The monoisotopic (exact) mass is 284 g/mol. The lowest BCUT2D eigenvalue weighted by atomic mass is 9.70. The van der Waals surface area contributed by atoms with Gasteiger partial charge in [0.25, 0.3) is 0 Å². The van der Waals surface area contributed by atoms with Crippen LogP contribution in [-0.4, -0.2) is 29.8 Å². The van der Waals surface area contributed by atoms with Crippen molar-refractivity contribution in [3.05, 3.63) is 0 Å². The molecule has 3 unspecified atom stereocenters. The van der Waals surface area contributed by atoms with Gasteiger partial charge in [-0.1, -0.05) is 19.8 Å². The zero-order valence-electron chi connectivity index (χ0n) is 12.1. The van der Waals surface area contributed by atoms with Crippen LogP contribution in [-0.2, 0) is 4.74 Å². The van der Waals surface area contributed by atoms with Crippen LogP contribution in [0.2, 0.25) is 0 Å². The molecule has 4 heteroatoms. The topological polar surface area (TPSA) is 47.3 Å². The van der Waals surface area contributed by atoms with E-state index in [4.69, 9.17) is 10.6 Å². The van der Waals surface area contributed by atoms with Crippen molar-refractivity contribution in [3.63, 3.8) is 0 Å². The maximum atomic E-state index is 6.16. The molecule has 0 radical (unpaired) electrons. The highest BCUT2D eigenvalue weighted by atomic mass is 32.2. The summed E-state index contributed by atoms with van der Waals surface area (Å²) in [5, 5.41) is 0. The lowest BCUT2D eigenvalue weighted by molar-refractivity contribution is -0.0929. The van der Waals surface area contributed by atoms with Crippen molar-refractivity contribution < 1.29 is 4.74 Å². The van der Waals surface area contributed by atoms with Crippen LogP contribution in [0, 0.1) is 11.3 Å². The predicted octanol–water partition coefficient (Wildman–Crippen LogP) is 2.70. The molecule has 2 saturated heterocycles. The van der Waals surface area contributed by atoms with Gasteiger partial charge in [0.1, 0.15) is 0 Å². The molecule has 0 amide bonds. The van der Waals surface area contributed by atoms with Gasteiger partial charge in [0, 0.05) is 18.4 Å². The van der Waals surface area contributed by atoms with Gasteiger partial charge in [0.05, 0.1) is 5.60 Å². The molecular formula is C15H28N2OS. The lowest BCUT2D eigenvalue weighted by Gasteiger charge is -2.45. The summed E-state index contributed by atoms with van der Waals surface area (Å²) in [4.78, 5) is 0. The molecule has 3 fully saturated rings.